The Balaban J connectivity index is 2.05. The molecule has 0 bridgehead atoms. The number of rotatable bonds is 4. The van der Waals surface area contributed by atoms with E-state index in [1.807, 2.05) is 6.07 Å². The Hall–Kier alpha value is -0.350. The van der Waals surface area contributed by atoms with Crippen molar-refractivity contribution in [3.05, 3.63) is 28.0 Å². The molecule has 3 nitrogen and oxygen atoms in total. The van der Waals surface area contributed by atoms with E-state index in [0.29, 0.717) is 22.9 Å². The highest BCUT2D eigenvalue weighted by Gasteiger charge is 2.27. The molecule has 2 atom stereocenters. The molecule has 106 valence electrons. The number of nitrogens with two attached hydrogens (primary N) is 1. The zero-order valence-electron chi connectivity index (χ0n) is 11.3. The van der Waals surface area contributed by atoms with Crippen molar-refractivity contribution in [3.8, 4) is 0 Å². The number of likely N-dealkylation sites (tertiary alicyclic amines) is 1. The summed E-state index contributed by atoms with van der Waals surface area (Å²) in [6, 6.07) is 4.20. The number of piperidine rings is 1. The standard InChI is InChI=1S/C14H21Cl2N3/c1-2-10-5-6-19(12(7-10)8-17)9-11-3-4-13(15)18-14(11)16/h3-4,10,12H,2,5-9,17H2,1H3. The summed E-state index contributed by atoms with van der Waals surface area (Å²) in [5.74, 6) is 0.809. The second-order valence-electron chi connectivity index (χ2n) is 5.24. The number of nitrogens with zero attached hydrogens (tertiary/aromatic N) is 2. The van der Waals surface area contributed by atoms with Crippen molar-refractivity contribution in [1.29, 1.82) is 0 Å². The molecule has 1 aliphatic rings. The molecule has 1 aromatic heterocycles. The van der Waals surface area contributed by atoms with E-state index < -0.39 is 0 Å². The maximum Gasteiger partial charge on any atom is 0.135 e. The quantitative estimate of drug-likeness (QED) is 0.867. The first-order valence-electron chi connectivity index (χ1n) is 6.89. The van der Waals surface area contributed by atoms with Gasteiger partial charge in [0, 0.05) is 24.7 Å². The van der Waals surface area contributed by atoms with Gasteiger partial charge in [0.1, 0.15) is 10.3 Å². The fourth-order valence-electron chi connectivity index (χ4n) is 2.78. The fourth-order valence-corrected chi connectivity index (χ4v) is 3.19. The van der Waals surface area contributed by atoms with Crippen LogP contribution in [0.15, 0.2) is 12.1 Å². The Labute approximate surface area is 125 Å². The first kappa shape index (κ1) is 15.0. The third-order valence-corrected chi connectivity index (χ3v) is 4.60. The predicted octanol–water partition coefficient (Wildman–Crippen LogP) is 3.34. The summed E-state index contributed by atoms with van der Waals surface area (Å²) in [6.45, 7) is 4.85. The van der Waals surface area contributed by atoms with E-state index in [0.717, 1.165) is 24.6 Å². The highest BCUT2D eigenvalue weighted by molar-refractivity contribution is 6.32. The van der Waals surface area contributed by atoms with Crippen LogP contribution in [-0.4, -0.2) is 29.0 Å². The molecule has 0 amide bonds. The van der Waals surface area contributed by atoms with Gasteiger partial charge in [-0.3, -0.25) is 4.90 Å². The van der Waals surface area contributed by atoms with Gasteiger partial charge in [0.15, 0.2) is 0 Å². The number of pyridine rings is 1. The summed E-state index contributed by atoms with van der Waals surface area (Å²) >= 11 is 12.0. The number of hydrogen-bond donors (Lipinski definition) is 1. The molecule has 2 rings (SSSR count). The van der Waals surface area contributed by atoms with E-state index in [2.05, 4.69) is 16.8 Å². The van der Waals surface area contributed by atoms with Crippen LogP contribution in [0.4, 0.5) is 0 Å². The third-order valence-electron chi connectivity index (χ3n) is 4.06. The molecule has 2 N–H and O–H groups in total. The molecule has 0 radical (unpaired) electrons. The van der Waals surface area contributed by atoms with Gasteiger partial charge in [-0.15, -0.1) is 0 Å². The van der Waals surface area contributed by atoms with Crippen molar-refractivity contribution in [3.63, 3.8) is 0 Å². The minimum atomic E-state index is 0.439. The van der Waals surface area contributed by atoms with Crippen LogP contribution in [0.2, 0.25) is 10.3 Å². The van der Waals surface area contributed by atoms with Gasteiger partial charge in [-0.2, -0.15) is 0 Å². The summed E-state index contributed by atoms with van der Waals surface area (Å²) < 4.78 is 0. The number of hydrogen-bond acceptors (Lipinski definition) is 3. The first-order chi connectivity index (χ1) is 9.13. The molecule has 1 aliphatic heterocycles. The average Bonchev–Trinajstić information content (AvgIpc) is 2.42. The summed E-state index contributed by atoms with van der Waals surface area (Å²) in [7, 11) is 0. The normalized spacial score (nSPS) is 24.6. The van der Waals surface area contributed by atoms with Crippen molar-refractivity contribution in [1.82, 2.24) is 9.88 Å². The van der Waals surface area contributed by atoms with Gasteiger partial charge in [0.05, 0.1) is 0 Å². The molecule has 5 heteroatoms. The Morgan fingerprint density at radius 2 is 2.21 bits per heavy atom. The van der Waals surface area contributed by atoms with Gasteiger partial charge >= 0.3 is 0 Å². The molecule has 0 saturated carbocycles. The van der Waals surface area contributed by atoms with Crippen molar-refractivity contribution in [2.45, 2.75) is 38.8 Å². The fraction of sp³-hybridized carbons (Fsp3) is 0.643. The molecule has 2 heterocycles. The third kappa shape index (κ3) is 3.82. The molecule has 0 aliphatic carbocycles. The second-order valence-corrected chi connectivity index (χ2v) is 5.99. The lowest BCUT2D eigenvalue weighted by atomic mass is 9.88. The van der Waals surface area contributed by atoms with E-state index >= 15 is 0 Å². The van der Waals surface area contributed by atoms with E-state index in [9.17, 15) is 0 Å². The molecular weight excluding hydrogens is 281 g/mol. The average molecular weight is 302 g/mol. The number of halogens is 2. The van der Waals surface area contributed by atoms with Crippen molar-refractivity contribution < 1.29 is 0 Å². The van der Waals surface area contributed by atoms with Gasteiger partial charge in [-0.05, 0) is 31.4 Å². The Kier molecular flexibility index (Phi) is 5.46. The van der Waals surface area contributed by atoms with Crippen molar-refractivity contribution >= 4 is 23.2 Å². The van der Waals surface area contributed by atoms with Crippen LogP contribution in [-0.2, 0) is 6.54 Å². The topological polar surface area (TPSA) is 42.2 Å². The highest BCUT2D eigenvalue weighted by atomic mass is 35.5. The van der Waals surface area contributed by atoms with Gasteiger partial charge in [0.2, 0.25) is 0 Å². The molecule has 0 spiro atoms. The minimum absolute atomic E-state index is 0.439. The SMILES string of the molecule is CCC1CCN(Cc2ccc(Cl)nc2Cl)C(CN)C1. The first-order valence-corrected chi connectivity index (χ1v) is 7.64. The van der Waals surface area contributed by atoms with Crippen molar-refractivity contribution in [2.24, 2.45) is 11.7 Å². The Bertz CT molecular complexity index is 425. The summed E-state index contributed by atoms with van der Waals surface area (Å²) in [4.78, 5) is 6.51. The molecule has 1 aromatic rings. The smallest absolute Gasteiger partial charge is 0.135 e. The monoisotopic (exact) mass is 301 g/mol. The van der Waals surface area contributed by atoms with E-state index in [-0.39, 0.29) is 0 Å². The zero-order valence-corrected chi connectivity index (χ0v) is 12.8. The van der Waals surface area contributed by atoms with Crippen LogP contribution in [0.5, 0.6) is 0 Å². The van der Waals surface area contributed by atoms with Crippen LogP contribution >= 0.6 is 23.2 Å². The molecule has 2 unspecified atom stereocenters. The van der Waals surface area contributed by atoms with Gasteiger partial charge in [-0.1, -0.05) is 42.6 Å². The zero-order chi connectivity index (χ0) is 13.8. The molecule has 19 heavy (non-hydrogen) atoms. The van der Waals surface area contributed by atoms with E-state index in [1.165, 1.54) is 19.3 Å². The van der Waals surface area contributed by atoms with Gasteiger partial charge < -0.3 is 5.73 Å². The second kappa shape index (κ2) is 6.89. The van der Waals surface area contributed by atoms with Crippen LogP contribution in [0.3, 0.4) is 0 Å². The lowest BCUT2D eigenvalue weighted by molar-refractivity contribution is 0.107. The van der Waals surface area contributed by atoms with E-state index in [4.69, 9.17) is 28.9 Å². The Morgan fingerprint density at radius 1 is 1.42 bits per heavy atom. The predicted molar refractivity (Wildman–Crippen MR) is 80.5 cm³/mol. The summed E-state index contributed by atoms with van der Waals surface area (Å²) in [5.41, 5.74) is 6.94. The summed E-state index contributed by atoms with van der Waals surface area (Å²) in [5, 5.41) is 0.940. The summed E-state index contributed by atoms with van der Waals surface area (Å²) in [6.07, 6.45) is 3.67. The molecule has 1 saturated heterocycles. The lowest BCUT2D eigenvalue weighted by Gasteiger charge is -2.39. The van der Waals surface area contributed by atoms with Gasteiger partial charge in [-0.25, -0.2) is 4.98 Å². The Morgan fingerprint density at radius 3 is 2.84 bits per heavy atom. The molecule has 0 aromatic carbocycles. The maximum absolute atomic E-state index is 6.14. The largest absolute Gasteiger partial charge is 0.329 e. The minimum Gasteiger partial charge on any atom is -0.329 e. The van der Waals surface area contributed by atoms with Crippen LogP contribution < -0.4 is 5.73 Å². The molecule has 1 fully saturated rings. The van der Waals surface area contributed by atoms with Crippen LogP contribution in [0, 0.1) is 5.92 Å². The highest BCUT2D eigenvalue weighted by Crippen LogP contribution is 2.27. The van der Waals surface area contributed by atoms with Crippen molar-refractivity contribution in [2.75, 3.05) is 13.1 Å². The van der Waals surface area contributed by atoms with E-state index in [1.54, 1.807) is 6.07 Å². The van der Waals surface area contributed by atoms with Gasteiger partial charge in [0.25, 0.3) is 0 Å². The maximum atomic E-state index is 6.14. The number of aromatic nitrogens is 1. The molecular formula is C14H21Cl2N3. The lowest BCUT2D eigenvalue weighted by Crippen LogP contribution is -2.46. The van der Waals surface area contributed by atoms with Crippen LogP contribution in [0.1, 0.15) is 31.7 Å². The van der Waals surface area contributed by atoms with Crippen LogP contribution in [0.25, 0.3) is 0 Å².